The second-order valence-electron chi connectivity index (χ2n) is 4.72. The van der Waals surface area contributed by atoms with Gasteiger partial charge in [0.15, 0.2) is 0 Å². The maximum absolute atomic E-state index is 12.0. The fourth-order valence-corrected chi connectivity index (χ4v) is 2.74. The molecular formula is C17H17ClN2O2S. The van der Waals surface area contributed by atoms with Crippen molar-refractivity contribution in [2.24, 2.45) is 5.10 Å². The van der Waals surface area contributed by atoms with E-state index in [9.17, 15) is 4.79 Å². The molecule has 0 saturated carbocycles. The Kier molecular flexibility index (Phi) is 6.50. The minimum absolute atomic E-state index is 0.163. The van der Waals surface area contributed by atoms with Gasteiger partial charge in [-0.3, -0.25) is 4.79 Å². The van der Waals surface area contributed by atoms with Crippen LogP contribution in [0.2, 0.25) is 5.02 Å². The third kappa shape index (κ3) is 5.62. The zero-order chi connectivity index (χ0) is 16.7. The third-order valence-corrected chi connectivity index (χ3v) is 4.34. The SMILES string of the molecule is COc1cccc(/C=N\NC(=O)[C@H](C)Sc2ccc(Cl)cc2)c1. The van der Waals surface area contributed by atoms with E-state index >= 15 is 0 Å². The first-order chi connectivity index (χ1) is 11.1. The first-order valence-corrected chi connectivity index (χ1v) is 8.23. The number of nitrogens with one attached hydrogen (secondary N) is 1. The molecule has 0 aliphatic rings. The third-order valence-electron chi connectivity index (χ3n) is 2.98. The molecule has 0 heterocycles. The number of halogens is 1. The summed E-state index contributed by atoms with van der Waals surface area (Å²) in [5.41, 5.74) is 3.39. The van der Waals surface area contributed by atoms with Crippen LogP contribution in [-0.4, -0.2) is 24.5 Å². The normalized spacial score (nSPS) is 12.1. The first-order valence-electron chi connectivity index (χ1n) is 6.97. The van der Waals surface area contributed by atoms with Crippen LogP contribution in [0.1, 0.15) is 12.5 Å². The predicted octanol–water partition coefficient (Wildman–Crippen LogP) is 3.98. The summed E-state index contributed by atoms with van der Waals surface area (Å²) in [7, 11) is 1.60. The molecule has 0 spiro atoms. The summed E-state index contributed by atoms with van der Waals surface area (Å²) in [5, 5.41) is 4.39. The lowest BCUT2D eigenvalue weighted by atomic mass is 10.2. The maximum Gasteiger partial charge on any atom is 0.253 e. The van der Waals surface area contributed by atoms with Crippen molar-refractivity contribution in [2.45, 2.75) is 17.1 Å². The highest BCUT2D eigenvalue weighted by molar-refractivity contribution is 8.00. The van der Waals surface area contributed by atoms with E-state index in [1.807, 2.05) is 43.3 Å². The van der Waals surface area contributed by atoms with Crippen molar-refractivity contribution in [3.05, 3.63) is 59.1 Å². The molecule has 0 fully saturated rings. The molecule has 0 saturated heterocycles. The quantitative estimate of drug-likeness (QED) is 0.488. The van der Waals surface area contributed by atoms with Crippen molar-refractivity contribution in [3.8, 4) is 5.75 Å². The zero-order valence-corrected chi connectivity index (χ0v) is 14.4. The molecular weight excluding hydrogens is 332 g/mol. The fraction of sp³-hybridized carbons (Fsp3) is 0.176. The van der Waals surface area contributed by atoms with E-state index < -0.39 is 0 Å². The minimum Gasteiger partial charge on any atom is -0.497 e. The van der Waals surface area contributed by atoms with Crippen LogP contribution in [0.5, 0.6) is 5.75 Å². The molecule has 1 N–H and O–H groups in total. The monoisotopic (exact) mass is 348 g/mol. The van der Waals surface area contributed by atoms with Crippen LogP contribution in [0.4, 0.5) is 0 Å². The van der Waals surface area contributed by atoms with Crippen LogP contribution in [0.3, 0.4) is 0 Å². The molecule has 23 heavy (non-hydrogen) atoms. The van der Waals surface area contributed by atoms with E-state index in [0.29, 0.717) is 5.02 Å². The Morgan fingerprint density at radius 2 is 2.04 bits per heavy atom. The van der Waals surface area contributed by atoms with Gasteiger partial charge < -0.3 is 4.74 Å². The van der Waals surface area contributed by atoms with Gasteiger partial charge in [0.1, 0.15) is 5.75 Å². The van der Waals surface area contributed by atoms with E-state index in [2.05, 4.69) is 10.5 Å². The Morgan fingerprint density at radius 3 is 2.74 bits per heavy atom. The number of benzene rings is 2. The van der Waals surface area contributed by atoms with Crippen LogP contribution >= 0.6 is 23.4 Å². The van der Waals surface area contributed by atoms with Crippen LogP contribution in [-0.2, 0) is 4.79 Å². The molecule has 4 nitrogen and oxygen atoms in total. The Hall–Kier alpha value is -1.98. The standard InChI is InChI=1S/C17H17ClN2O2S/c1-12(23-16-8-6-14(18)7-9-16)17(21)20-19-11-13-4-3-5-15(10-13)22-2/h3-12H,1-2H3,(H,20,21)/b19-11-/t12-/m0/s1. The number of nitrogens with zero attached hydrogens (tertiary/aromatic N) is 1. The molecule has 0 unspecified atom stereocenters. The summed E-state index contributed by atoms with van der Waals surface area (Å²) in [6.45, 7) is 1.83. The fourth-order valence-electron chi connectivity index (χ4n) is 1.75. The van der Waals surface area contributed by atoms with Crippen molar-refractivity contribution in [3.63, 3.8) is 0 Å². The molecule has 0 aromatic heterocycles. The molecule has 0 radical (unpaired) electrons. The summed E-state index contributed by atoms with van der Waals surface area (Å²) >= 11 is 7.29. The number of carbonyl (C=O) groups is 1. The summed E-state index contributed by atoms with van der Waals surface area (Å²) in [6.07, 6.45) is 1.58. The lowest BCUT2D eigenvalue weighted by molar-refractivity contribution is -0.120. The van der Waals surface area contributed by atoms with Gasteiger partial charge >= 0.3 is 0 Å². The number of hydrogen-bond acceptors (Lipinski definition) is 4. The molecule has 6 heteroatoms. The molecule has 120 valence electrons. The highest BCUT2D eigenvalue weighted by Crippen LogP contribution is 2.24. The van der Waals surface area contributed by atoms with Crippen molar-refractivity contribution >= 4 is 35.5 Å². The Balaban J connectivity index is 1.88. The van der Waals surface area contributed by atoms with E-state index in [1.165, 1.54) is 11.8 Å². The second-order valence-corrected chi connectivity index (χ2v) is 6.58. The summed E-state index contributed by atoms with van der Waals surface area (Å²) in [4.78, 5) is 13.0. The number of thioether (sulfide) groups is 1. The first kappa shape index (κ1) is 17.4. The van der Waals surface area contributed by atoms with Gasteiger partial charge in [-0.05, 0) is 48.9 Å². The van der Waals surface area contributed by atoms with Gasteiger partial charge in [-0.2, -0.15) is 5.10 Å². The Bertz CT molecular complexity index is 689. The van der Waals surface area contributed by atoms with Gasteiger partial charge in [0.05, 0.1) is 18.6 Å². The molecule has 2 aromatic carbocycles. The number of methoxy groups -OCH3 is 1. The topological polar surface area (TPSA) is 50.7 Å². The van der Waals surface area contributed by atoms with E-state index in [4.69, 9.17) is 16.3 Å². The molecule has 1 atom stereocenters. The minimum atomic E-state index is -0.265. The van der Waals surface area contributed by atoms with Gasteiger partial charge in [-0.1, -0.05) is 23.7 Å². The van der Waals surface area contributed by atoms with E-state index in [-0.39, 0.29) is 11.2 Å². The lowest BCUT2D eigenvalue weighted by Crippen LogP contribution is -2.26. The highest BCUT2D eigenvalue weighted by Gasteiger charge is 2.13. The number of rotatable bonds is 6. The molecule has 1 amide bonds. The van der Waals surface area contributed by atoms with Gasteiger partial charge in [0.25, 0.3) is 5.91 Å². The van der Waals surface area contributed by atoms with Crippen LogP contribution in [0.25, 0.3) is 0 Å². The number of ether oxygens (including phenoxy) is 1. The lowest BCUT2D eigenvalue weighted by Gasteiger charge is -2.09. The molecule has 2 aromatic rings. The number of carbonyl (C=O) groups excluding carboxylic acids is 1. The Labute approximate surface area is 144 Å². The average molecular weight is 349 g/mol. The summed E-state index contributed by atoms with van der Waals surface area (Å²) < 4.78 is 5.13. The van der Waals surface area contributed by atoms with Gasteiger partial charge in [0, 0.05) is 9.92 Å². The molecule has 2 rings (SSSR count). The number of hydrogen-bond donors (Lipinski definition) is 1. The van der Waals surface area contributed by atoms with Gasteiger partial charge in [-0.15, -0.1) is 11.8 Å². The van der Waals surface area contributed by atoms with Crippen LogP contribution in [0, 0.1) is 0 Å². The van der Waals surface area contributed by atoms with E-state index in [0.717, 1.165) is 16.2 Å². The smallest absolute Gasteiger partial charge is 0.253 e. The summed E-state index contributed by atoms with van der Waals surface area (Å²) in [5.74, 6) is 0.580. The van der Waals surface area contributed by atoms with Crippen molar-refractivity contribution in [1.82, 2.24) is 5.43 Å². The van der Waals surface area contributed by atoms with Gasteiger partial charge in [-0.25, -0.2) is 5.43 Å². The molecule has 0 aliphatic heterocycles. The highest BCUT2D eigenvalue weighted by atomic mass is 35.5. The predicted molar refractivity (Wildman–Crippen MR) is 95.5 cm³/mol. The zero-order valence-electron chi connectivity index (χ0n) is 12.8. The van der Waals surface area contributed by atoms with Crippen molar-refractivity contribution in [1.29, 1.82) is 0 Å². The van der Waals surface area contributed by atoms with Crippen LogP contribution < -0.4 is 10.2 Å². The number of amides is 1. The van der Waals surface area contributed by atoms with Crippen LogP contribution in [0.15, 0.2) is 58.5 Å². The average Bonchev–Trinajstić information content (AvgIpc) is 2.57. The molecule has 0 bridgehead atoms. The maximum atomic E-state index is 12.0. The summed E-state index contributed by atoms with van der Waals surface area (Å²) in [6, 6.07) is 14.8. The van der Waals surface area contributed by atoms with Gasteiger partial charge in [0.2, 0.25) is 0 Å². The largest absolute Gasteiger partial charge is 0.497 e. The van der Waals surface area contributed by atoms with E-state index in [1.54, 1.807) is 25.5 Å². The Morgan fingerprint density at radius 1 is 1.30 bits per heavy atom. The molecule has 0 aliphatic carbocycles. The number of hydrazone groups is 1. The van der Waals surface area contributed by atoms with Crippen molar-refractivity contribution in [2.75, 3.05) is 7.11 Å². The second kappa shape index (κ2) is 8.60. The van der Waals surface area contributed by atoms with Crippen molar-refractivity contribution < 1.29 is 9.53 Å².